The number of esters is 1. The number of hydrogen-bond donors (Lipinski definition) is 1. The van der Waals surface area contributed by atoms with Crippen molar-refractivity contribution in [3.8, 4) is 0 Å². The normalized spacial score (nSPS) is 11.9. The monoisotopic (exact) mass is 229 g/mol. The van der Waals surface area contributed by atoms with E-state index in [2.05, 4.69) is 12.1 Å². The summed E-state index contributed by atoms with van der Waals surface area (Å²) >= 11 is 0. The summed E-state index contributed by atoms with van der Waals surface area (Å²) in [4.78, 5) is 11.4. The first-order valence-corrected chi connectivity index (χ1v) is 6.03. The average molecular weight is 229 g/mol. The Kier molecular flexibility index (Phi) is 8.58. The summed E-state index contributed by atoms with van der Waals surface area (Å²) in [5, 5.41) is 11.7. The minimum atomic E-state index is -0.506. The van der Waals surface area contributed by atoms with E-state index in [0.29, 0.717) is 6.42 Å². The van der Waals surface area contributed by atoms with Crippen LogP contribution in [0.4, 0.5) is 0 Å². The predicted octanol–water partition coefficient (Wildman–Crippen LogP) is 3.13. The van der Waals surface area contributed by atoms with Gasteiger partial charge in [-0.05, 0) is 20.3 Å². The van der Waals surface area contributed by atoms with E-state index in [0.717, 1.165) is 19.3 Å². The van der Waals surface area contributed by atoms with Crippen molar-refractivity contribution in [3.63, 3.8) is 0 Å². The van der Waals surface area contributed by atoms with Crippen molar-refractivity contribution in [1.29, 1.82) is 0 Å². The van der Waals surface area contributed by atoms with Crippen molar-refractivity contribution in [2.24, 2.45) is 5.16 Å². The van der Waals surface area contributed by atoms with Crippen molar-refractivity contribution in [2.75, 3.05) is 0 Å². The van der Waals surface area contributed by atoms with Crippen LogP contribution < -0.4 is 0 Å². The Labute approximate surface area is 97.7 Å². The summed E-state index contributed by atoms with van der Waals surface area (Å²) in [6.07, 6.45) is 5.80. The van der Waals surface area contributed by atoms with Gasteiger partial charge >= 0.3 is 5.97 Å². The molecule has 4 heteroatoms. The molecule has 0 heterocycles. The molecule has 0 aromatic rings. The summed E-state index contributed by atoms with van der Waals surface area (Å²) in [6.45, 7) is 5.70. The first kappa shape index (κ1) is 14.9. The van der Waals surface area contributed by atoms with Gasteiger partial charge in [0.15, 0.2) is 5.71 Å². The molecular formula is C12H23NO3. The number of hydrogen-bond acceptors (Lipinski definition) is 4. The highest BCUT2D eigenvalue weighted by molar-refractivity contribution is 6.36. The van der Waals surface area contributed by atoms with Gasteiger partial charge in [0.25, 0.3) is 0 Å². The first-order chi connectivity index (χ1) is 7.61. The van der Waals surface area contributed by atoms with Gasteiger partial charge in [0.2, 0.25) is 0 Å². The van der Waals surface area contributed by atoms with E-state index in [1.54, 1.807) is 13.8 Å². The SMILES string of the molecule is CCCCCCCC(=NO)C(=O)OC(C)C. The van der Waals surface area contributed by atoms with Crippen molar-refractivity contribution in [2.45, 2.75) is 65.4 Å². The van der Waals surface area contributed by atoms with Gasteiger partial charge in [0.05, 0.1) is 6.10 Å². The maximum atomic E-state index is 11.4. The zero-order valence-electron chi connectivity index (χ0n) is 10.5. The van der Waals surface area contributed by atoms with Crippen LogP contribution in [0.3, 0.4) is 0 Å². The molecule has 0 spiro atoms. The van der Waals surface area contributed by atoms with E-state index in [-0.39, 0.29) is 11.8 Å². The molecule has 0 saturated heterocycles. The Hall–Kier alpha value is -1.06. The molecule has 0 aliphatic rings. The Balaban J connectivity index is 3.80. The molecule has 0 amide bonds. The molecule has 0 unspecified atom stereocenters. The van der Waals surface area contributed by atoms with Crippen LogP contribution in [0.5, 0.6) is 0 Å². The Bertz CT molecular complexity index is 224. The number of nitrogens with zero attached hydrogens (tertiary/aromatic N) is 1. The van der Waals surface area contributed by atoms with Gasteiger partial charge < -0.3 is 9.94 Å². The number of oxime groups is 1. The number of unbranched alkanes of at least 4 members (excludes halogenated alkanes) is 4. The molecule has 0 rings (SSSR count). The zero-order chi connectivity index (χ0) is 12.4. The molecule has 0 atom stereocenters. The van der Waals surface area contributed by atoms with Crippen molar-refractivity contribution < 1.29 is 14.7 Å². The summed E-state index contributed by atoms with van der Waals surface area (Å²) in [7, 11) is 0. The van der Waals surface area contributed by atoms with Crippen LogP contribution in [0.25, 0.3) is 0 Å². The van der Waals surface area contributed by atoms with E-state index < -0.39 is 5.97 Å². The highest BCUT2D eigenvalue weighted by atomic mass is 16.5. The van der Waals surface area contributed by atoms with E-state index in [9.17, 15) is 4.79 Å². The summed E-state index contributed by atoms with van der Waals surface area (Å²) in [5.41, 5.74) is 0.130. The van der Waals surface area contributed by atoms with Gasteiger partial charge in [-0.1, -0.05) is 37.8 Å². The lowest BCUT2D eigenvalue weighted by Gasteiger charge is -2.08. The van der Waals surface area contributed by atoms with Crippen molar-refractivity contribution >= 4 is 11.7 Å². The van der Waals surface area contributed by atoms with Gasteiger partial charge in [-0.2, -0.15) is 0 Å². The minimum absolute atomic E-state index is 0.130. The quantitative estimate of drug-likeness (QED) is 0.229. The standard InChI is InChI=1S/C12H23NO3/c1-4-5-6-7-8-9-11(13-15)12(14)16-10(2)3/h10,15H,4-9H2,1-3H3. The van der Waals surface area contributed by atoms with Gasteiger partial charge in [0, 0.05) is 6.42 Å². The summed E-state index contributed by atoms with van der Waals surface area (Å²) in [6, 6.07) is 0. The lowest BCUT2D eigenvalue weighted by atomic mass is 10.1. The molecule has 0 saturated carbocycles. The van der Waals surface area contributed by atoms with Crippen LogP contribution in [0.15, 0.2) is 5.16 Å². The van der Waals surface area contributed by atoms with Gasteiger partial charge in [-0.25, -0.2) is 4.79 Å². The fourth-order valence-electron chi connectivity index (χ4n) is 1.37. The number of ether oxygens (including phenoxy) is 1. The second-order valence-corrected chi connectivity index (χ2v) is 4.16. The van der Waals surface area contributed by atoms with Gasteiger partial charge in [0.1, 0.15) is 0 Å². The largest absolute Gasteiger partial charge is 0.458 e. The molecule has 1 N–H and O–H groups in total. The molecule has 4 nitrogen and oxygen atoms in total. The highest BCUT2D eigenvalue weighted by Gasteiger charge is 2.14. The van der Waals surface area contributed by atoms with E-state index in [1.165, 1.54) is 12.8 Å². The smallest absolute Gasteiger partial charge is 0.356 e. The fourth-order valence-corrected chi connectivity index (χ4v) is 1.37. The molecule has 16 heavy (non-hydrogen) atoms. The lowest BCUT2D eigenvalue weighted by Crippen LogP contribution is -2.21. The molecular weight excluding hydrogens is 206 g/mol. The number of rotatable bonds is 8. The van der Waals surface area contributed by atoms with E-state index >= 15 is 0 Å². The van der Waals surface area contributed by atoms with Gasteiger partial charge in [-0.3, -0.25) is 0 Å². The number of carbonyl (C=O) groups is 1. The molecule has 0 aromatic heterocycles. The van der Waals surface area contributed by atoms with Gasteiger partial charge in [-0.15, -0.1) is 0 Å². The van der Waals surface area contributed by atoms with Crippen molar-refractivity contribution in [3.05, 3.63) is 0 Å². The molecule has 0 aliphatic heterocycles. The van der Waals surface area contributed by atoms with E-state index in [4.69, 9.17) is 9.94 Å². The molecule has 0 radical (unpaired) electrons. The molecule has 0 aromatic carbocycles. The third-order valence-electron chi connectivity index (χ3n) is 2.22. The fraction of sp³-hybridized carbons (Fsp3) is 0.833. The summed E-state index contributed by atoms with van der Waals surface area (Å²) in [5.74, 6) is -0.506. The lowest BCUT2D eigenvalue weighted by molar-refractivity contribution is -0.139. The zero-order valence-corrected chi connectivity index (χ0v) is 10.5. The molecule has 94 valence electrons. The Morgan fingerprint density at radius 3 is 2.38 bits per heavy atom. The highest BCUT2D eigenvalue weighted by Crippen LogP contribution is 2.07. The molecule has 0 bridgehead atoms. The summed E-state index contributed by atoms with van der Waals surface area (Å²) < 4.78 is 4.95. The second kappa shape index (κ2) is 9.19. The average Bonchev–Trinajstić information content (AvgIpc) is 2.22. The Morgan fingerprint density at radius 1 is 1.25 bits per heavy atom. The Morgan fingerprint density at radius 2 is 1.88 bits per heavy atom. The van der Waals surface area contributed by atoms with Crippen LogP contribution in [0, 0.1) is 0 Å². The molecule has 0 aliphatic carbocycles. The van der Waals surface area contributed by atoms with Crippen molar-refractivity contribution in [1.82, 2.24) is 0 Å². The maximum Gasteiger partial charge on any atom is 0.356 e. The van der Waals surface area contributed by atoms with Crippen LogP contribution >= 0.6 is 0 Å². The molecule has 0 fully saturated rings. The first-order valence-electron chi connectivity index (χ1n) is 6.03. The predicted molar refractivity (Wildman–Crippen MR) is 63.8 cm³/mol. The van der Waals surface area contributed by atoms with Crippen LogP contribution in [0.2, 0.25) is 0 Å². The van der Waals surface area contributed by atoms with Crippen LogP contribution in [-0.4, -0.2) is 23.0 Å². The van der Waals surface area contributed by atoms with E-state index in [1.807, 2.05) is 0 Å². The minimum Gasteiger partial charge on any atom is -0.458 e. The third-order valence-corrected chi connectivity index (χ3v) is 2.22. The number of carbonyl (C=O) groups excluding carboxylic acids is 1. The second-order valence-electron chi connectivity index (χ2n) is 4.16. The topological polar surface area (TPSA) is 58.9 Å². The third kappa shape index (κ3) is 7.26. The van der Waals surface area contributed by atoms with Crippen LogP contribution in [-0.2, 0) is 9.53 Å². The van der Waals surface area contributed by atoms with Crippen LogP contribution in [0.1, 0.15) is 59.3 Å². The maximum absolute atomic E-state index is 11.4.